The van der Waals surface area contributed by atoms with Gasteiger partial charge in [-0.2, -0.15) is 5.10 Å². The van der Waals surface area contributed by atoms with Crippen LogP contribution in [0.5, 0.6) is 0 Å². The van der Waals surface area contributed by atoms with Crippen molar-refractivity contribution in [1.29, 1.82) is 0 Å². The van der Waals surface area contributed by atoms with Gasteiger partial charge < -0.3 is 9.80 Å². The van der Waals surface area contributed by atoms with E-state index in [1.165, 1.54) is 17.5 Å². The molecular formula is C35H43N7O. The number of benzene rings is 2. The van der Waals surface area contributed by atoms with Crippen LogP contribution in [0.4, 0.5) is 5.82 Å². The van der Waals surface area contributed by atoms with E-state index in [9.17, 15) is 4.79 Å². The zero-order valence-corrected chi connectivity index (χ0v) is 25.7. The summed E-state index contributed by atoms with van der Waals surface area (Å²) in [5.74, 6) is 1.12. The van der Waals surface area contributed by atoms with E-state index in [1.807, 2.05) is 18.7 Å². The minimum atomic E-state index is 0.0691. The van der Waals surface area contributed by atoms with Gasteiger partial charge in [-0.05, 0) is 57.6 Å². The topological polar surface area (TPSA) is 70.4 Å². The van der Waals surface area contributed by atoms with Gasteiger partial charge in [0, 0.05) is 56.6 Å². The van der Waals surface area contributed by atoms with Gasteiger partial charge in [-0.3, -0.25) is 14.4 Å². The lowest BCUT2D eigenvalue weighted by Crippen LogP contribution is -2.58. The molecule has 6 rings (SSSR count). The standard InChI is InChI=1S/C35H43N7O/c1-27-33(28(2)37-26-36-27)34(43)39-22-17-35(3,18-23-39)40-19-14-31(15-20-40)42(25-30-12-8-5-9-13-30)32-16-21-41(38-32)24-29-10-6-4-7-11-29/h4-13,16,21,26,31H,14-15,17-20,22-25H2,1-3H3. The van der Waals surface area contributed by atoms with Crippen molar-refractivity contribution in [2.45, 2.75) is 71.1 Å². The zero-order chi connectivity index (χ0) is 29.8. The summed E-state index contributed by atoms with van der Waals surface area (Å²) in [6.07, 6.45) is 7.79. The van der Waals surface area contributed by atoms with E-state index in [4.69, 9.17) is 5.10 Å². The highest BCUT2D eigenvalue weighted by molar-refractivity contribution is 5.96. The largest absolute Gasteiger partial charge is 0.348 e. The Hall–Kier alpha value is -4.04. The molecule has 0 atom stereocenters. The van der Waals surface area contributed by atoms with E-state index >= 15 is 0 Å². The molecule has 2 aromatic carbocycles. The fourth-order valence-corrected chi connectivity index (χ4v) is 6.83. The van der Waals surface area contributed by atoms with Crippen LogP contribution in [0.1, 0.15) is 65.5 Å². The van der Waals surface area contributed by atoms with Crippen molar-refractivity contribution in [3.63, 3.8) is 0 Å². The monoisotopic (exact) mass is 577 g/mol. The van der Waals surface area contributed by atoms with Crippen LogP contribution in [-0.2, 0) is 13.1 Å². The van der Waals surface area contributed by atoms with Crippen molar-refractivity contribution in [2.24, 2.45) is 0 Å². The molecule has 0 spiro atoms. The van der Waals surface area contributed by atoms with Crippen LogP contribution in [0.3, 0.4) is 0 Å². The number of amides is 1. The van der Waals surface area contributed by atoms with Gasteiger partial charge in [0.1, 0.15) is 6.33 Å². The smallest absolute Gasteiger partial charge is 0.257 e. The molecule has 0 saturated carbocycles. The maximum absolute atomic E-state index is 13.4. The van der Waals surface area contributed by atoms with Gasteiger partial charge in [-0.1, -0.05) is 60.7 Å². The Balaban J connectivity index is 1.11. The fourth-order valence-electron chi connectivity index (χ4n) is 6.83. The number of piperidine rings is 2. The predicted octanol–water partition coefficient (Wildman–Crippen LogP) is 5.50. The van der Waals surface area contributed by atoms with Crippen LogP contribution in [0.25, 0.3) is 0 Å². The Morgan fingerprint density at radius 1 is 0.860 bits per heavy atom. The van der Waals surface area contributed by atoms with Crippen molar-refractivity contribution in [2.75, 3.05) is 31.1 Å². The average Bonchev–Trinajstić information content (AvgIpc) is 3.49. The summed E-state index contributed by atoms with van der Waals surface area (Å²) in [6, 6.07) is 23.9. The van der Waals surface area contributed by atoms with E-state index in [1.54, 1.807) is 0 Å². The third-order valence-electron chi connectivity index (χ3n) is 9.54. The maximum Gasteiger partial charge on any atom is 0.257 e. The Morgan fingerprint density at radius 3 is 2.09 bits per heavy atom. The molecule has 8 nitrogen and oxygen atoms in total. The summed E-state index contributed by atoms with van der Waals surface area (Å²) in [5.41, 5.74) is 4.84. The van der Waals surface area contributed by atoms with Crippen LogP contribution in [0.2, 0.25) is 0 Å². The van der Waals surface area contributed by atoms with Crippen molar-refractivity contribution >= 4 is 11.7 Å². The number of aryl methyl sites for hydroxylation is 2. The number of hydrogen-bond acceptors (Lipinski definition) is 6. The second-order valence-electron chi connectivity index (χ2n) is 12.4. The number of anilines is 1. The summed E-state index contributed by atoms with van der Waals surface area (Å²) in [7, 11) is 0. The van der Waals surface area contributed by atoms with Gasteiger partial charge in [0.2, 0.25) is 0 Å². The van der Waals surface area contributed by atoms with E-state index < -0.39 is 0 Å². The van der Waals surface area contributed by atoms with E-state index in [0.29, 0.717) is 11.6 Å². The number of carbonyl (C=O) groups excluding carboxylic acids is 1. The highest BCUT2D eigenvalue weighted by Gasteiger charge is 2.40. The molecule has 8 heteroatoms. The molecule has 1 amide bonds. The van der Waals surface area contributed by atoms with Crippen molar-refractivity contribution in [3.8, 4) is 0 Å². The Morgan fingerprint density at radius 2 is 1.47 bits per heavy atom. The van der Waals surface area contributed by atoms with E-state index in [2.05, 4.69) is 104 Å². The minimum absolute atomic E-state index is 0.0691. The molecule has 2 aliphatic rings. The van der Waals surface area contributed by atoms with Crippen LogP contribution in [-0.4, -0.2) is 73.2 Å². The predicted molar refractivity (Wildman–Crippen MR) is 170 cm³/mol. The SMILES string of the molecule is Cc1ncnc(C)c1C(=O)N1CCC(C)(N2CCC(N(Cc3ccccc3)c3ccn(Cc4ccccc4)n3)CC2)CC1. The Labute approximate surface area is 255 Å². The summed E-state index contributed by atoms with van der Waals surface area (Å²) in [6.45, 7) is 11.4. The second-order valence-corrected chi connectivity index (χ2v) is 12.4. The summed E-state index contributed by atoms with van der Waals surface area (Å²) in [4.78, 5) is 29.1. The quantitative estimate of drug-likeness (QED) is 0.275. The molecule has 0 radical (unpaired) electrons. The fraction of sp³-hybridized carbons (Fsp3) is 0.429. The van der Waals surface area contributed by atoms with Crippen molar-refractivity contribution in [1.82, 2.24) is 29.5 Å². The van der Waals surface area contributed by atoms with Gasteiger partial charge in [0.15, 0.2) is 5.82 Å². The second kappa shape index (κ2) is 12.7. The van der Waals surface area contributed by atoms with Crippen LogP contribution in [0.15, 0.2) is 79.3 Å². The van der Waals surface area contributed by atoms with E-state index in [0.717, 1.165) is 82.2 Å². The molecule has 2 saturated heterocycles. The van der Waals surface area contributed by atoms with Crippen molar-refractivity contribution < 1.29 is 4.79 Å². The van der Waals surface area contributed by atoms with E-state index in [-0.39, 0.29) is 11.4 Å². The number of hydrogen-bond donors (Lipinski definition) is 0. The molecule has 2 fully saturated rings. The molecule has 0 aliphatic carbocycles. The van der Waals surface area contributed by atoms with Gasteiger partial charge in [-0.25, -0.2) is 9.97 Å². The maximum atomic E-state index is 13.4. The number of nitrogens with zero attached hydrogens (tertiary/aromatic N) is 7. The van der Waals surface area contributed by atoms with Gasteiger partial charge in [0.05, 0.1) is 23.5 Å². The molecule has 2 aromatic heterocycles. The Kier molecular flexibility index (Phi) is 8.56. The van der Waals surface area contributed by atoms with Crippen LogP contribution >= 0.6 is 0 Å². The minimum Gasteiger partial charge on any atom is -0.348 e. The number of aromatic nitrogens is 4. The first-order valence-corrected chi connectivity index (χ1v) is 15.6. The molecule has 224 valence electrons. The first-order chi connectivity index (χ1) is 20.9. The lowest BCUT2D eigenvalue weighted by Gasteiger charge is -2.50. The third-order valence-corrected chi connectivity index (χ3v) is 9.54. The Bertz CT molecular complexity index is 1480. The normalized spacial score (nSPS) is 17.6. The lowest BCUT2D eigenvalue weighted by molar-refractivity contribution is 0.0170. The first kappa shape index (κ1) is 29.1. The third kappa shape index (κ3) is 6.49. The molecule has 0 unspecified atom stereocenters. The molecule has 4 heterocycles. The number of rotatable bonds is 8. The number of carbonyl (C=O) groups is 1. The summed E-state index contributed by atoms with van der Waals surface area (Å²) < 4.78 is 2.05. The van der Waals surface area contributed by atoms with Crippen molar-refractivity contribution in [3.05, 3.63) is 107 Å². The van der Waals surface area contributed by atoms with Crippen LogP contribution < -0.4 is 4.90 Å². The van der Waals surface area contributed by atoms with Crippen LogP contribution in [0, 0.1) is 13.8 Å². The number of likely N-dealkylation sites (tertiary alicyclic amines) is 2. The van der Waals surface area contributed by atoms with Gasteiger partial charge >= 0.3 is 0 Å². The summed E-state index contributed by atoms with van der Waals surface area (Å²) >= 11 is 0. The zero-order valence-electron chi connectivity index (χ0n) is 25.7. The first-order valence-electron chi connectivity index (χ1n) is 15.6. The average molecular weight is 578 g/mol. The molecular weight excluding hydrogens is 534 g/mol. The highest BCUT2D eigenvalue weighted by atomic mass is 16.2. The molecule has 43 heavy (non-hydrogen) atoms. The highest BCUT2D eigenvalue weighted by Crippen LogP contribution is 2.34. The van der Waals surface area contributed by atoms with Gasteiger partial charge in [0.25, 0.3) is 5.91 Å². The molecule has 4 aromatic rings. The molecule has 0 bridgehead atoms. The van der Waals surface area contributed by atoms with Gasteiger partial charge in [-0.15, -0.1) is 0 Å². The molecule has 0 N–H and O–H groups in total. The molecule has 2 aliphatic heterocycles. The lowest BCUT2D eigenvalue weighted by atomic mass is 9.85. The summed E-state index contributed by atoms with van der Waals surface area (Å²) in [5, 5.41) is 5.04.